The maximum absolute atomic E-state index is 10.4. The summed E-state index contributed by atoms with van der Waals surface area (Å²) in [5, 5.41) is 19.1. The van der Waals surface area contributed by atoms with E-state index in [4.69, 9.17) is 14.6 Å². The minimum absolute atomic E-state index is 0.0242. The van der Waals surface area contributed by atoms with Gasteiger partial charge >= 0.3 is 0 Å². The van der Waals surface area contributed by atoms with Crippen molar-refractivity contribution in [2.45, 2.75) is 18.7 Å². The molecule has 2 atom stereocenters. The molecular weight excluding hydrogens is 296 g/mol. The van der Waals surface area contributed by atoms with Crippen molar-refractivity contribution in [3.63, 3.8) is 0 Å². The van der Waals surface area contributed by atoms with Gasteiger partial charge in [-0.25, -0.2) is 0 Å². The van der Waals surface area contributed by atoms with Crippen molar-refractivity contribution in [2.75, 3.05) is 52.6 Å². The summed E-state index contributed by atoms with van der Waals surface area (Å²) in [5.74, 6) is 0.774. The van der Waals surface area contributed by atoms with Gasteiger partial charge in [0, 0.05) is 38.8 Å². The van der Waals surface area contributed by atoms with Crippen LogP contribution in [0.4, 0.5) is 0 Å². The molecule has 0 amide bonds. The van der Waals surface area contributed by atoms with Crippen molar-refractivity contribution in [3.05, 3.63) is 29.8 Å². The van der Waals surface area contributed by atoms with Crippen LogP contribution in [-0.2, 0) is 11.3 Å². The first kappa shape index (κ1) is 16.7. The third-order valence-electron chi connectivity index (χ3n) is 4.54. The molecule has 0 radical (unpaired) electrons. The van der Waals surface area contributed by atoms with Crippen molar-refractivity contribution in [2.24, 2.45) is 0 Å². The minimum atomic E-state index is -0.291. The quantitative estimate of drug-likeness (QED) is 0.765. The highest BCUT2D eigenvalue weighted by Gasteiger charge is 2.35. The molecule has 0 unspecified atom stereocenters. The van der Waals surface area contributed by atoms with Crippen LogP contribution in [0.15, 0.2) is 24.3 Å². The smallest absolute Gasteiger partial charge is 0.119 e. The number of nitrogens with zero attached hydrogens (tertiary/aromatic N) is 2. The standard InChI is InChI=1S/C17H26N2O4/c20-7-10-23-15-3-1-14(2-4-15)11-18-12-16(17(21)13-18)19-5-8-22-9-6-19/h1-4,16-17,20-21H,5-13H2/t16-,17-/m0/s1. The fourth-order valence-electron chi connectivity index (χ4n) is 3.36. The normalized spacial score (nSPS) is 26.5. The van der Waals surface area contributed by atoms with Gasteiger partial charge in [0.05, 0.1) is 25.9 Å². The first-order valence-electron chi connectivity index (χ1n) is 8.31. The predicted molar refractivity (Wildman–Crippen MR) is 86.5 cm³/mol. The van der Waals surface area contributed by atoms with Crippen molar-refractivity contribution >= 4 is 0 Å². The van der Waals surface area contributed by atoms with E-state index in [1.165, 1.54) is 5.56 Å². The fraction of sp³-hybridized carbons (Fsp3) is 0.647. The summed E-state index contributed by atoms with van der Waals surface area (Å²) in [4.78, 5) is 4.65. The van der Waals surface area contributed by atoms with Gasteiger partial charge < -0.3 is 19.7 Å². The van der Waals surface area contributed by atoms with Crippen LogP contribution in [0, 0.1) is 0 Å². The molecule has 2 fully saturated rings. The minimum Gasteiger partial charge on any atom is -0.491 e. The second-order valence-electron chi connectivity index (χ2n) is 6.19. The summed E-state index contributed by atoms with van der Waals surface area (Å²) < 4.78 is 10.8. The zero-order valence-electron chi connectivity index (χ0n) is 13.4. The van der Waals surface area contributed by atoms with Crippen LogP contribution in [0.3, 0.4) is 0 Å². The molecule has 2 saturated heterocycles. The average Bonchev–Trinajstić information content (AvgIpc) is 2.95. The summed E-state index contributed by atoms with van der Waals surface area (Å²) in [6.45, 7) is 6.12. The van der Waals surface area contributed by atoms with Gasteiger partial charge in [0.15, 0.2) is 0 Å². The Morgan fingerprint density at radius 2 is 1.87 bits per heavy atom. The number of β-amino-alcohol motifs (C(OH)–C–C–N with tert-alkyl or cyclic N) is 1. The van der Waals surface area contributed by atoms with E-state index in [0.29, 0.717) is 13.2 Å². The highest BCUT2D eigenvalue weighted by Crippen LogP contribution is 2.21. The van der Waals surface area contributed by atoms with E-state index in [0.717, 1.165) is 45.1 Å². The Morgan fingerprint density at radius 1 is 1.13 bits per heavy atom. The molecule has 1 aromatic rings. The number of aliphatic hydroxyl groups is 2. The van der Waals surface area contributed by atoms with Crippen LogP contribution in [0.25, 0.3) is 0 Å². The maximum Gasteiger partial charge on any atom is 0.119 e. The molecule has 0 bridgehead atoms. The van der Waals surface area contributed by atoms with E-state index >= 15 is 0 Å². The summed E-state index contributed by atoms with van der Waals surface area (Å²) in [5.41, 5.74) is 1.20. The van der Waals surface area contributed by atoms with Crippen LogP contribution in [0.2, 0.25) is 0 Å². The van der Waals surface area contributed by atoms with Crippen molar-refractivity contribution in [1.29, 1.82) is 0 Å². The molecule has 6 heteroatoms. The Hall–Kier alpha value is -1.18. The number of hydrogen-bond acceptors (Lipinski definition) is 6. The monoisotopic (exact) mass is 322 g/mol. The van der Waals surface area contributed by atoms with Gasteiger partial charge in [0.25, 0.3) is 0 Å². The highest BCUT2D eigenvalue weighted by atomic mass is 16.5. The summed E-state index contributed by atoms with van der Waals surface area (Å²) in [6, 6.07) is 8.15. The van der Waals surface area contributed by atoms with Crippen LogP contribution >= 0.6 is 0 Å². The number of ether oxygens (including phenoxy) is 2. The van der Waals surface area contributed by atoms with Crippen LogP contribution in [-0.4, -0.2) is 84.8 Å². The Balaban J connectivity index is 1.52. The molecule has 2 heterocycles. The van der Waals surface area contributed by atoms with Gasteiger partial charge in [0.2, 0.25) is 0 Å². The zero-order valence-corrected chi connectivity index (χ0v) is 13.4. The van der Waals surface area contributed by atoms with E-state index in [1.807, 2.05) is 24.3 Å². The molecule has 128 valence electrons. The van der Waals surface area contributed by atoms with Crippen LogP contribution in [0.1, 0.15) is 5.56 Å². The lowest BCUT2D eigenvalue weighted by Gasteiger charge is -2.33. The van der Waals surface area contributed by atoms with E-state index in [1.54, 1.807) is 0 Å². The molecule has 3 rings (SSSR count). The van der Waals surface area contributed by atoms with Crippen molar-refractivity contribution in [3.8, 4) is 5.75 Å². The third-order valence-corrected chi connectivity index (χ3v) is 4.54. The molecule has 2 aliphatic heterocycles. The van der Waals surface area contributed by atoms with E-state index in [-0.39, 0.29) is 18.8 Å². The molecule has 2 aliphatic rings. The number of aliphatic hydroxyl groups excluding tert-OH is 2. The molecule has 6 nitrogen and oxygen atoms in total. The Kier molecular flexibility index (Phi) is 5.85. The number of rotatable bonds is 6. The first-order valence-corrected chi connectivity index (χ1v) is 8.31. The molecule has 2 N–H and O–H groups in total. The second kappa shape index (κ2) is 8.08. The van der Waals surface area contributed by atoms with Crippen molar-refractivity contribution < 1.29 is 19.7 Å². The van der Waals surface area contributed by atoms with Gasteiger partial charge in [-0.2, -0.15) is 0 Å². The Morgan fingerprint density at radius 3 is 2.57 bits per heavy atom. The molecule has 23 heavy (non-hydrogen) atoms. The van der Waals surface area contributed by atoms with Crippen LogP contribution < -0.4 is 4.74 Å². The average molecular weight is 322 g/mol. The lowest BCUT2D eigenvalue weighted by Crippen LogP contribution is -2.48. The molecule has 0 aromatic heterocycles. The van der Waals surface area contributed by atoms with E-state index in [2.05, 4.69) is 9.80 Å². The topological polar surface area (TPSA) is 65.4 Å². The number of hydrogen-bond donors (Lipinski definition) is 2. The van der Waals surface area contributed by atoms with Crippen molar-refractivity contribution in [1.82, 2.24) is 9.80 Å². The zero-order chi connectivity index (χ0) is 16.1. The van der Waals surface area contributed by atoms with Gasteiger partial charge in [-0.15, -0.1) is 0 Å². The number of benzene rings is 1. The summed E-state index contributed by atoms with van der Waals surface area (Å²) >= 11 is 0. The predicted octanol–water partition coefficient (Wildman–Crippen LogP) is -0.0650. The first-order chi connectivity index (χ1) is 11.3. The van der Waals surface area contributed by atoms with Gasteiger partial charge in [-0.05, 0) is 17.7 Å². The second-order valence-corrected chi connectivity index (χ2v) is 6.19. The summed E-state index contributed by atoms with van der Waals surface area (Å²) in [7, 11) is 0. The molecule has 0 aliphatic carbocycles. The van der Waals surface area contributed by atoms with Crippen LogP contribution in [0.5, 0.6) is 5.75 Å². The largest absolute Gasteiger partial charge is 0.491 e. The van der Waals surface area contributed by atoms with E-state index in [9.17, 15) is 5.11 Å². The van der Waals surface area contributed by atoms with Gasteiger partial charge in [0.1, 0.15) is 12.4 Å². The van der Waals surface area contributed by atoms with E-state index < -0.39 is 0 Å². The SMILES string of the molecule is OCCOc1ccc(CN2C[C@H](O)[C@@H](N3CCOCC3)C2)cc1. The molecule has 0 saturated carbocycles. The highest BCUT2D eigenvalue weighted by molar-refractivity contribution is 5.27. The molecule has 1 aromatic carbocycles. The molecule has 0 spiro atoms. The molecular formula is C17H26N2O4. The maximum atomic E-state index is 10.4. The number of morpholine rings is 1. The fourth-order valence-corrected chi connectivity index (χ4v) is 3.36. The Labute approximate surface area is 137 Å². The third kappa shape index (κ3) is 4.43. The van der Waals surface area contributed by atoms with Gasteiger partial charge in [-0.3, -0.25) is 9.80 Å². The summed E-state index contributed by atoms with van der Waals surface area (Å²) in [6.07, 6.45) is -0.291. The lowest BCUT2D eigenvalue weighted by atomic mass is 10.1. The Bertz CT molecular complexity index is 476. The number of likely N-dealkylation sites (tertiary alicyclic amines) is 1. The van der Waals surface area contributed by atoms with Gasteiger partial charge in [-0.1, -0.05) is 12.1 Å². The lowest BCUT2D eigenvalue weighted by molar-refractivity contribution is -0.00618.